The van der Waals surface area contributed by atoms with Crippen molar-refractivity contribution in [2.45, 2.75) is 12.1 Å². The van der Waals surface area contributed by atoms with E-state index in [1.807, 2.05) is 24.3 Å². The van der Waals surface area contributed by atoms with E-state index in [1.165, 1.54) is 0 Å². The summed E-state index contributed by atoms with van der Waals surface area (Å²) < 4.78 is 10.4. The molecular formula is C17H18N2O2S. The van der Waals surface area contributed by atoms with Crippen LogP contribution in [0, 0.1) is 0 Å². The van der Waals surface area contributed by atoms with Gasteiger partial charge in [0.15, 0.2) is 5.11 Å². The van der Waals surface area contributed by atoms with Crippen molar-refractivity contribution in [1.29, 1.82) is 0 Å². The van der Waals surface area contributed by atoms with E-state index in [9.17, 15) is 0 Å². The highest BCUT2D eigenvalue weighted by molar-refractivity contribution is 7.80. The summed E-state index contributed by atoms with van der Waals surface area (Å²) in [6.07, 6.45) is 0. The van der Waals surface area contributed by atoms with Crippen molar-refractivity contribution in [3.8, 4) is 11.5 Å². The number of hydrogen-bond donors (Lipinski definition) is 2. The van der Waals surface area contributed by atoms with Crippen molar-refractivity contribution in [1.82, 2.24) is 10.6 Å². The summed E-state index contributed by atoms with van der Waals surface area (Å²) in [6.45, 7) is 0. The summed E-state index contributed by atoms with van der Waals surface area (Å²) in [4.78, 5) is 0. The Hall–Kier alpha value is -2.27. The van der Waals surface area contributed by atoms with Crippen LogP contribution in [0.25, 0.3) is 0 Å². The van der Waals surface area contributed by atoms with E-state index < -0.39 is 0 Å². The van der Waals surface area contributed by atoms with E-state index in [2.05, 4.69) is 34.9 Å². The number of benzene rings is 2. The first-order valence-corrected chi connectivity index (χ1v) is 7.47. The lowest BCUT2D eigenvalue weighted by atomic mass is 9.95. The fourth-order valence-corrected chi connectivity index (χ4v) is 2.92. The fraction of sp³-hybridized carbons (Fsp3) is 0.235. The van der Waals surface area contributed by atoms with Crippen molar-refractivity contribution in [2.75, 3.05) is 14.2 Å². The molecular weight excluding hydrogens is 296 g/mol. The molecule has 1 saturated heterocycles. The molecule has 0 radical (unpaired) electrons. The normalized spacial score (nSPS) is 20.2. The molecule has 5 heteroatoms. The van der Waals surface area contributed by atoms with E-state index in [-0.39, 0.29) is 12.1 Å². The van der Waals surface area contributed by atoms with E-state index >= 15 is 0 Å². The predicted octanol–water partition coefficient (Wildman–Crippen LogP) is 2.96. The number of thiocarbonyl (C=S) groups is 1. The SMILES string of the molecule is COc1ccc([C@H]2NC(=S)N[C@H]2c2ccc(OC)cc2)cc1. The molecule has 22 heavy (non-hydrogen) atoms. The van der Waals surface area contributed by atoms with Crippen molar-refractivity contribution >= 4 is 17.3 Å². The Kier molecular flexibility index (Phi) is 4.15. The molecule has 4 nitrogen and oxygen atoms in total. The minimum atomic E-state index is 0.0896. The maximum atomic E-state index is 5.30. The lowest BCUT2D eigenvalue weighted by Crippen LogP contribution is -2.21. The third-order valence-corrected chi connectivity index (χ3v) is 4.09. The fourth-order valence-electron chi connectivity index (χ4n) is 2.66. The first kappa shape index (κ1) is 14.7. The second-order valence-electron chi connectivity index (χ2n) is 5.12. The summed E-state index contributed by atoms with van der Waals surface area (Å²) in [7, 11) is 3.33. The van der Waals surface area contributed by atoms with Crippen LogP contribution in [0.4, 0.5) is 0 Å². The summed E-state index contributed by atoms with van der Waals surface area (Å²) in [5, 5.41) is 7.33. The number of hydrogen-bond acceptors (Lipinski definition) is 3. The van der Waals surface area contributed by atoms with Crippen LogP contribution in [-0.2, 0) is 0 Å². The van der Waals surface area contributed by atoms with Gasteiger partial charge in [-0.1, -0.05) is 24.3 Å². The molecule has 0 bridgehead atoms. The molecule has 2 aromatic carbocycles. The monoisotopic (exact) mass is 314 g/mol. The molecule has 1 fully saturated rings. The highest BCUT2D eigenvalue weighted by Crippen LogP contribution is 2.33. The molecule has 114 valence electrons. The van der Waals surface area contributed by atoms with Gasteiger partial charge in [0.1, 0.15) is 11.5 Å². The molecule has 0 unspecified atom stereocenters. The summed E-state index contributed by atoms with van der Waals surface area (Å²) in [6, 6.07) is 16.3. The number of nitrogens with one attached hydrogen (secondary N) is 2. The highest BCUT2D eigenvalue weighted by Gasteiger charge is 2.31. The molecule has 3 rings (SSSR count). The van der Waals surface area contributed by atoms with Gasteiger partial charge in [0.05, 0.1) is 26.3 Å². The van der Waals surface area contributed by atoms with Crippen LogP contribution in [0.2, 0.25) is 0 Å². The van der Waals surface area contributed by atoms with E-state index in [0.29, 0.717) is 5.11 Å². The Morgan fingerprint density at radius 2 is 1.09 bits per heavy atom. The van der Waals surface area contributed by atoms with Crippen molar-refractivity contribution in [3.05, 3.63) is 59.7 Å². The molecule has 2 atom stereocenters. The molecule has 0 amide bonds. The van der Waals surface area contributed by atoms with Crippen LogP contribution >= 0.6 is 12.2 Å². The Balaban J connectivity index is 1.88. The van der Waals surface area contributed by atoms with Gasteiger partial charge >= 0.3 is 0 Å². The molecule has 1 aliphatic rings. The minimum Gasteiger partial charge on any atom is -0.497 e. The third kappa shape index (κ3) is 2.85. The lowest BCUT2D eigenvalue weighted by molar-refractivity contribution is 0.413. The van der Waals surface area contributed by atoms with Gasteiger partial charge in [-0.05, 0) is 47.6 Å². The van der Waals surface area contributed by atoms with Crippen LogP contribution in [0.15, 0.2) is 48.5 Å². The average Bonchev–Trinajstić information content (AvgIpc) is 2.97. The van der Waals surface area contributed by atoms with Gasteiger partial charge < -0.3 is 20.1 Å². The van der Waals surface area contributed by atoms with Crippen molar-refractivity contribution in [2.24, 2.45) is 0 Å². The first-order valence-electron chi connectivity index (χ1n) is 7.06. The van der Waals surface area contributed by atoms with Gasteiger partial charge in [-0.2, -0.15) is 0 Å². The zero-order valence-electron chi connectivity index (χ0n) is 12.5. The first-order chi connectivity index (χ1) is 10.7. The van der Waals surface area contributed by atoms with Gasteiger partial charge in [-0.15, -0.1) is 0 Å². The summed E-state index contributed by atoms with van der Waals surface area (Å²) in [5.74, 6) is 1.69. The van der Waals surface area contributed by atoms with Crippen LogP contribution < -0.4 is 20.1 Å². The molecule has 2 aromatic rings. The molecule has 2 N–H and O–H groups in total. The van der Waals surface area contributed by atoms with Gasteiger partial charge in [-0.25, -0.2) is 0 Å². The predicted molar refractivity (Wildman–Crippen MR) is 90.3 cm³/mol. The summed E-state index contributed by atoms with van der Waals surface area (Å²) in [5.41, 5.74) is 2.32. The second kappa shape index (κ2) is 6.23. The molecule has 1 heterocycles. The van der Waals surface area contributed by atoms with Crippen LogP contribution in [-0.4, -0.2) is 19.3 Å². The van der Waals surface area contributed by atoms with Crippen molar-refractivity contribution < 1.29 is 9.47 Å². The van der Waals surface area contributed by atoms with E-state index in [1.54, 1.807) is 14.2 Å². The number of methoxy groups -OCH3 is 2. The van der Waals surface area contributed by atoms with Gasteiger partial charge in [0, 0.05) is 0 Å². The number of rotatable bonds is 4. The molecule has 0 aliphatic carbocycles. The van der Waals surface area contributed by atoms with Crippen LogP contribution in [0.1, 0.15) is 23.2 Å². The zero-order chi connectivity index (χ0) is 15.5. The standard InChI is InChI=1S/C17H18N2O2S/c1-20-13-7-3-11(4-8-13)15-16(19-17(22)18-15)12-5-9-14(21-2)10-6-12/h3-10,15-16H,1-2H3,(H2,18,19,22)/t15-,16+. The Morgan fingerprint density at radius 3 is 1.41 bits per heavy atom. The second-order valence-corrected chi connectivity index (χ2v) is 5.53. The largest absolute Gasteiger partial charge is 0.497 e. The molecule has 1 aliphatic heterocycles. The highest BCUT2D eigenvalue weighted by atomic mass is 32.1. The van der Waals surface area contributed by atoms with Gasteiger partial charge in [0.25, 0.3) is 0 Å². The molecule has 0 spiro atoms. The number of ether oxygens (including phenoxy) is 2. The van der Waals surface area contributed by atoms with Gasteiger partial charge in [0.2, 0.25) is 0 Å². The quantitative estimate of drug-likeness (QED) is 0.849. The van der Waals surface area contributed by atoms with Crippen LogP contribution in [0.5, 0.6) is 11.5 Å². The third-order valence-electron chi connectivity index (χ3n) is 3.86. The van der Waals surface area contributed by atoms with Crippen LogP contribution in [0.3, 0.4) is 0 Å². The lowest BCUT2D eigenvalue weighted by Gasteiger charge is -2.20. The topological polar surface area (TPSA) is 42.5 Å². The van der Waals surface area contributed by atoms with E-state index in [0.717, 1.165) is 22.6 Å². The summed E-state index contributed by atoms with van der Waals surface area (Å²) >= 11 is 5.30. The maximum Gasteiger partial charge on any atom is 0.167 e. The van der Waals surface area contributed by atoms with Crippen molar-refractivity contribution in [3.63, 3.8) is 0 Å². The zero-order valence-corrected chi connectivity index (χ0v) is 13.3. The average molecular weight is 314 g/mol. The molecule has 0 aromatic heterocycles. The maximum absolute atomic E-state index is 5.30. The Morgan fingerprint density at radius 1 is 0.727 bits per heavy atom. The molecule has 0 saturated carbocycles. The Bertz CT molecular complexity index is 598. The Labute approximate surface area is 135 Å². The minimum absolute atomic E-state index is 0.0896. The smallest absolute Gasteiger partial charge is 0.167 e. The van der Waals surface area contributed by atoms with Gasteiger partial charge in [-0.3, -0.25) is 0 Å². The van der Waals surface area contributed by atoms with E-state index in [4.69, 9.17) is 21.7 Å².